The van der Waals surface area contributed by atoms with Crippen LogP contribution in [0, 0.1) is 22.7 Å². The van der Waals surface area contributed by atoms with Gasteiger partial charge in [0.2, 0.25) is 0 Å². The van der Waals surface area contributed by atoms with Crippen LogP contribution in [-0.2, 0) is 11.2 Å². The number of carbonyl (C=O) groups is 1. The molecule has 26 heavy (non-hydrogen) atoms. The van der Waals surface area contributed by atoms with Crippen molar-refractivity contribution < 1.29 is 14.6 Å². The van der Waals surface area contributed by atoms with E-state index in [1.165, 1.54) is 31.8 Å². The lowest BCUT2D eigenvalue weighted by atomic mass is 9.47. The first kappa shape index (κ1) is 19.0. The van der Waals surface area contributed by atoms with Crippen molar-refractivity contribution in [3.8, 4) is 11.5 Å². The predicted octanol–water partition coefficient (Wildman–Crippen LogP) is 5.66. The molecule has 3 nitrogen and oxygen atoms in total. The van der Waals surface area contributed by atoms with Crippen molar-refractivity contribution in [2.75, 3.05) is 0 Å². The molecule has 0 heterocycles. The molecule has 0 amide bonds. The van der Waals surface area contributed by atoms with Crippen LogP contribution in [-0.4, -0.2) is 11.1 Å². The van der Waals surface area contributed by atoms with Crippen molar-refractivity contribution in [3.05, 3.63) is 35.4 Å². The van der Waals surface area contributed by atoms with Crippen molar-refractivity contribution in [1.82, 2.24) is 0 Å². The Kier molecular flexibility index (Phi) is 4.94. The highest BCUT2D eigenvalue weighted by Crippen LogP contribution is 2.61. The van der Waals surface area contributed by atoms with E-state index in [0.29, 0.717) is 23.3 Å². The number of hydrogen-bond acceptors (Lipinski definition) is 3. The number of hydrogen-bond donors (Lipinski definition) is 1. The Morgan fingerprint density at radius 2 is 2.04 bits per heavy atom. The van der Waals surface area contributed by atoms with Gasteiger partial charge in [0.1, 0.15) is 11.5 Å². The summed E-state index contributed by atoms with van der Waals surface area (Å²) < 4.78 is 5.24. The maximum atomic E-state index is 11.3. The molecule has 1 aromatic rings. The molecular formula is C23H32O3. The van der Waals surface area contributed by atoms with E-state index in [1.54, 1.807) is 12.1 Å². The van der Waals surface area contributed by atoms with Crippen LogP contribution in [0.5, 0.6) is 11.5 Å². The van der Waals surface area contributed by atoms with Gasteiger partial charge in [-0.25, -0.2) is 0 Å². The summed E-state index contributed by atoms with van der Waals surface area (Å²) in [7, 11) is 0. The number of ether oxygens (including phenoxy) is 1. The third-order valence-corrected chi connectivity index (χ3v) is 7.48. The number of carbonyl (C=O) groups excluding carboxylic acids is 1. The summed E-state index contributed by atoms with van der Waals surface area (Å²) in [4.78, 5) is 11.3. The lowest BCUT2D eigenvalue weighted by molar-refractivity contribution is -0.131. The highest BCUT2D eigenvalue weighted by molar-refractivity contribution is 5.69. The van der Waals surface area contributed by atoms with Gasteiger partial charge in [-0.2, -0.15) is 0 Å². The van der Waals surface area contributed by atoms with Crippen molar-refractivity contribution in [2.45, 2.75) is 66.7 Å². The van der Waals surface area contributed by atoms with Gasteiger partial charge in [0.05, 0.1) is 0 Å². The summed E-state index contributed by atoms with van der Waals surface area (Å²) in [6.07, 6.45) is 8.04. The molecule has 0 bridgehead atoms. The first-order valence-corrected chi connectivity index (χ1v) is 9.84. The van der Waals surface area contributed by atoms with Gasteiger partial charge in [-0.3, -0.25) is 4.79 Å². The third-order valence-electron chi connectivity index (χ3n) is 7.48. The summed E-state index contributed by atoms with van der Waals surface area (Å²) in [5, 5.41) is 10.5. The minimum absolute atomic E-state index is 0.106. The zero-order valence-electron chi connectivity index (χ0n) is 16.8. The van der Waals surface area contributed by atoms with Crippen LogP contribution in [0.25, 0.3) is 0 Å². The molecule has 0 saturated heterocycles. The third kappa shape index (κ3) is 3.17. The van der Waals surface area contributed by atoms with Crippen molar-refractivity contribution in [3.63, 3.8) is 0 Å². The molecule has 1 N–H and O–H groups in total. The number of fused-ring (bicyclic) bond motifs is 1. The molecule has 0 aliphatic heterocycles. The van der Waals surface area contributed by atoms with Crippen LogP contribution >= 0.6 is 0 Å². The van der Waals surface area contributed by atoms with Gasteiger partial charge in [0, 0.05) is 6.92 Å². The molecule has 3 rings (SSSR count). The normalized spacial score (nSPS) is 34.0. The first-order valence-electron chi connectivity index (χ1n) is 9.84. The molecule has 1 aromatic carbocycles. The number of benzene rings is 1. The van der Waals surface area contributed by atoms with Crippen LogP contribution < -0.4 is 4.74 Å². The van der Waals surface area contributed by atoms with Gasteiger partial charge < -0.3 is 9.84 Å². The van der Waals surface area contributed by atoms with E-state index in [4.69, 9.17) is 4.74 Å². The van der Waals surface area contributed by atoms with Gasteiger partial charge in [-0.15, -0.1) is 0 Å². The largest absolute Gasteiger partial charge is 0.508 e. The predicted molar refractivity (Wildman–Crippen MR) is 104 cm³/mol. The quantitative estimate of drug-likeness (QED) is 0.432. The fourth-order valence-electron chi connectivity index (χ4n) is 5.55. The number of rotatable bonds is 3. The number of phenolic OH excluding ortho intramolecular Hbond substituents is 1. The lowest BCUT2D eigenvalue weighted by Gasteiger charge is -2.58. The van der Waals surface area contributed by atoms with E-state index < -0.39 is 0 Å². The summed E-state index contributed by atoms with van der Waals surface area (Å²) in [6.45, 7) is 10.9. The average Bonchev–Trinajstić information content (AvgIpc) is 2.56. The van der Waals surface area contributed by atoms with E-state index in [1.807, 2.05) is 6.07 Å². The van der Waals surface area contributed by atoms with Gasteiger partial charge in [0.15, 0.2) is 0 Å². The Morgan fingerprint density at radius 1 is 1.31 bits per heavy atom. The summed E-state index contributed by atoms with van der Waals surface area (Å²) in [6, 6.07) is 5.15. The van der Waals surface area contributed by atoms with Gasteiger partial charge in [-0.1, -0.05) is 32.4 Å². The summed E-state index contributed by atoms with van der Waals surface area (Å²) in [5.74, 6) is 1.66. The maximum absolute atomic E-state index is 11.3. The fourth-order valence-corrected chi connectivity index (χ4v) is 5.55. The average molecular weight is 357 g/mol. The minimum Gasteiger partial charge on any atom is -0.508 e. The molecule has 142 valence electrons. The monoisotopic (exact) mass is 356 g/mol. The second kappa shape index (κ2) is 6.75. The molecule has 0 radical (unpaired) electrons. The Balaban J connectivity index is 1.97. The Labute approximate surface area is 157 Å². The second-order valence-electron chi connectivity index (χ2n) is 8.94. The van der Waals surface area contributed by atoms with Crippen molar-refractivity contribution >= 4 is 5.97 Å². The minimum atomic E-state index is -0.334. The fraction of sp³-hybridized carbons (Fsp3) is 0.609. The molecule has 1 fully saturated rings. The van der Waals surface area contributed by atoms with Gasteiger partial charge >= 0.3 is 5.97 Å². The topological polar surface area (TPSA) is 46.5 Å². The standard InChI is InChI=1S/C23H32O3/c1-15-7-6-8-21-22(15,4)12-11-16(2)23(21,5)14-18-13-19(26-17(3)24)9-10-20(18)25/h7,9-10,13,16,21,25H,6,8,11-12,14H2,1-5H3/t16-,21-,22+,23-/m1/s1. The van der Waals surface area contributed by atoms with E-state index in [2.05, 4.69) is 33.8 Å². The molecule has 3 heteroatoms. The summed E-state index contributed by atoms with van der Waals surface area (Å²) >= 11 is 0. The van der Waals surface area contributed by atoms with E-state index in [-0.39, 0.29) is 16.8 Å². The van der Waals surface area contributed by atoms with Crippen LogP contribution in [0.3, 0.4) is 0 Å². The molecule has 2 aliphatic rings. The maximum Gasteiger partial charge on any atom is 0.308 e. The van der Waals surface area contributed by atoms with Gasteiger partial charge in [0.25, 0.3) is 0 Å². The molecule has 4 atom stereocenters. The number of esters is 1. The molecular weight excluding hydrogens is 324 g/mol. The molecule has 0 spiro atoms. The van der Waals surface area contributed by atoms with Crippen LogP contribution in [0.4, 0.5) is 0 Å². The van der Waals surface area contributed by atoms with Crippen molar-refractivity contribution in [2.24, 2.45) is 22.7 Å². The van der Waals surface area contributed by atoms with Crippen LogP contribution in [0.1, 0.15) is 65.9 Å². The number of aromatic hydroxyl groups is 1. The Morgan fingerprint density at radius 3 is 2.73 bits per heavy atom. The highest BCUT2D eigenvalue weighted by atomic mass is 16.5. The number of allylic oxidation sites excluding steroid dienone is 2. The highest BCUT2D eigenvalue weighted by Gasteiger charge is 2.53. The van der Waals surface area contributed by atoms with Crippen LogP contribution in [0.2, 0.25) is 0 Å². The second-order valence-corrected chi connectivity index (χ2v) is 8.94. The Hall–Kier alpha value is -1.77. The SMILES string of the molecule is CC(=O)Oc1ccc(O)c(C[C@]2(C)[C@H](C)CC[C@@]3(C)C(C)=CCC[C@@H]23)c1. The zero-order chi connectivity index (χ0) is 19.1. The molecule has 0 aromatic heterocycles. The van der Waals surface area contributed by atoms with Gasteiger partial charge in [-0.05, 0) is 85.5 Å². The molecule has 0 unspecified atom stereocenters. The summed E-state index contributed by atoms with van der Waals surface area (Å²) in [5.41, 5.74) is 2.77. The Bertz CT molecular complexity index is 735. The first-order chi connectivity index (χ1) is 12.2. The van der Waals surface area contributed by atoms with E-state index in [0.717, 1.165) is 18.4 Å². The zero-order valence-corrected chi connectivity index (χ0v) is 16.8. The van der Waals surface area contributed by atoms with E-state index in [9.17, 15) is 9.90 Å². The van der Waals surface area contributed by atoms with Crippen molar-refractivity contribution in [1.29, 1.82) is 0 Å². The molecule has 2 aliphatic carbocycles. The number of phenols is 1. The van der Waals surface area contributed by atoms with E-state index >= 15 is 0 Å². The van der Waals surface area contributed by atoms with Crippen LogP contribution in [0.15, 0.2) is 29.8 Å². The molecule has 1 saturated carbocycles. The lowest BCUT2D eigenvalue weighted by Crippen LogP contribution is -2.50. The smallest absolute Gasteiger partial charge is 0.308 e.